The lowest BCUT2D eigenvalue weighted by Crippen LogP contribution is -2.32. The Bertz CT molecular complexity index is 1090. The fraction of sp³-hybridized carbons (Fsp3) is 0.136. The van der Waals surface area contributed by atoms with E-state index in [1.54, 1.807) is 31.4 Å². The van der Waals surface area contributed by atoms with Gasteiger partial charge < -0.3 is 10.1 Å². The topological polar surface area (TPSA) is 73.2 Å². The van der Waals surface area contributed by atoms with Gasteiger partial charge in [0.05, 0.1) is 19.3 Å². The first-order valence-corrected chi connectivity index (χ1v) is 9.30. The summed E-state index contributed by atoms with van der Waals surface area (Å²) in [6.45, 7) is 0.218. The van der Waals surface area contributed by atoms with Gasteiger partial charge in [-0.1, -0.05) is 35.9 Å². The first kappa shape index (κ1) is 20.4. The smallest absolute Gasteiger partial charge is 0.279 e. The predicted octanol–water partition coefficient (Wildman–Crippen LogP) is 3.65. The molecule has 1 N–H and O–H groups in total. The number of nitrogens with zero attached hydrogens (tertiary/aromatic N) is 2. The molecule has 6 nitrogen and oxygen atoms in total. The number of rotatable bonds is 6. The Kier molecular flexibility index (Phi) is 6.46. The zero-order chi connectivity index (χ0) is 20.8. The van der Waals surface area contributed by atoms with Crippen LogP contribution in [0.5, 0.6) is 5.75 Å². The van der Waals surface area contributed by atoms with E-state index in [0.29, 0.717) is 16.5 Å². The molecule has 0 unspecified atom stereocenters. The summed E-state index contributed by atoms with van der Waals surface area (Å²) < 4.78 is 6.45. The van der Waals surface area contributed by atoms with Gasteiger partial charge in [-0.25, -0.2) is 4.68 Å². The lowest BCUT2D eigenvalue weighted by atomic mass is 10.1. The minimum atomic E-state index is -0.456. The van der Waals surface area contributed by atoms with E-state index in [4.69, 9.17) is 16.3 Å². The lowest BCUT2D eigenvalue weighted by molar-refractivity contribution is 0.0960. The van der Waals surface area contributed by atoms with E-state index < -0.39 is 11.5 Å². The highest BCUT2D eigenvalue weighted by Crippen LogP contribution is 2.20. The van der Waals surface area contributed by atoms with E-state index >= 15 is 0 Å². The Morgan fingerprint density at radius 1 is 1.17 bits per heavy atom. The summed E-state index contributed by atoms with van der Waals surface area (Å²) in [7, 11) is 3.07. The van der Waals surface area contributed by atoms with Gasteiger partial charge in [-0.15, -0.1) is 0 Å². The number of carbonyl (C=O) groups excluding carboxylic acids is 1. The first-order chi connectivity index (χ1) is 14.0. The van der Waals surface area contributed by atoms with E-state index in [-0.39, 0.29) is 12.1 Å². The van der Waals surface area contributed by atoms with Crippen LogP contribution < -0.4 is 15.6 Å². The zero-order valence-corrected chi connectivity index (χ0v) is 16.8. The highest BCUT2D eigenvalue weighted by atomic mass is 35.5. The molecule has 0 saturated heterocycles. The minimum Gasteiger partial charge on any atom is -0.497 e. The van der Waals surface area contributed by atoms with Gasteiger partial charge in [0, 0.05) is 17.6 Å². The third-order valence-corrected chi connectivity index (χ3v) is 4.54. The Morgan fingerprint density at radius 2 is 1.86 bits per heavy atom. The third-order valence-electron chi connectivity index (χ3n) is 4.29. The maximum absolute atomic E-state index is 12.7. The first-order valence-electron chi connectivity index (χ1n) is 8.92. The standard InChI is InChI=1S/C22H20ClN3O3/c1-24-21(27)19-14-20(16-7-11-18(29-2)12-8-16)25-26(22(19)28)13-3-4-15-5-9-17(23)10-6-15/h3-12,14H,13H2,1-2H3,(H,24,27)/b4-3+. The predicted molar refractivity (Wildman–Crippen MR) is 114 cm³/mol. The summed E-state index contributed by atoms with van der Waals surface area (Å²) in [5.41, 5.74) is 1.81. The molecular weight excluding hydrogens is 390 g/mol. The van der Waals surface area contributed by atoms with E-state index in [1.807, 2.05) is 36.4 Å². The molecule has 0 radical (unpaired) electrons. The van der Waals surface area contributed by atoms with Gasteiger partial charge in [0.1, 0.15) is 11.3 Å². The van der Waals surface area contributed by atoms with E-state index in [2.05, 4.69) is 10.4 Å². The summed E-state index contributed by atoms with van der Waals surface area (Å²) in [6, 6.07) is 16.1. The summed E-state index contributed by atoms with van der Waals surface area (Å²) in [5, 5.41) is 7.59. The summed E-state index contributed by atoms with van der Waals surface area (Å²) >= 11 is 5.89. The maximum atomic E-state index is 12.7. The summed E-state index contributed by atoms with van der Waals surface area (Å²) in [4.78, 5) is 24.9. The Morgan fingerprint density at radius 3 is 2.48 bits per heavy atom. The summed E-state index contributed by atoms with van der Waals surface area (Å²) in [6.07, 6.45) is 3.67. The molecule has 0 aliphatic carbocycles. The molecule has 29 heavy (non-hydrogen) atoms. The van der Waals surface area contributed by atoms with Crippen LogP contribution in [0.3, 0.4) is 0 Å². The lowest BCUT2D eigenvalue weighted by Gasteiger charge is -2.09. The van der Waals surface area contributed by atoms with Crippen LogP contribution in [-0.4, -0.2) is 29.8 Å². The molecule has 1 heterocycles. The van der Waals surface area contributed by atoms with Crippen LogP contribution in [0.1, 0.15) is 15.9 Å². The van der Waals surface area contributed by atoms with Crippen molar-refractivity contribution in [1.29, 1.82) is 0 Å². The number of allylic oxidation sites excluding steroid dienone is 1. The van der Waals surface area contributed by atoms with E-state index in [1.165, 1.54) is 17.8 Å². The number of methoxy groups -OCH3 is 1. The normalized spacial score (nSPS) is 10.9. The van der Waals surface area contributed by atoms with Gasteiger partial charge >= 0.3 is 0 Å². The van der Waals surface area contributed by atoms with Crippen LogP contribution in [0.15, 0.2) is 65.5 Å². The quantitative estimate of drug-likeness (QED) is 0.674. The van der Waals surface area contributed by atoms with Crippen LogP contribution in [0.2, 0.25) is 5.02 Å². The fourth-order valence-corrected chi connectivity index (χ4v) is 2.85. The average Bonchev–Trinajstić information content (AvgIpc) is 2.75. The van der Waals surface area contributed by atoms with Gasteiger partial charge in [-0.3, -0.25) is 9.59 Å². The second-order valence-electron chi connectivity index (χ2n) is 6.19. The van der Waals surface area contributed by atoms with Gasteiger partial charge in [-0.2, -0.15) is 5.10 Å². The van der Waals surface area contributed by atoms with Crippen LogP contribution in [0.25, 0.3) is 17.3 Å². The molecule has 3 rings (SSSR count). The number of amides is 1. The number of hydrogen-bond donors (Lipinski definition) is 1. The zero-order valence-electron chi connectivity index (χ0n) is 16.1. The molecule has 148 valence electrons. The fourth-order valence-electron chi connectivity index (χ4n) is 2.73. The SMILES string of the molecule is CNC(=O)c1cc(-c2ccc(OC)cc2)nn(C/C=C/c2ccc(Cl)cc2)c1=O. The number of benzene rings is 2. The molecule has 0 atom stereocenters. The van der Waals surface area contributed by atoms with Gasteiger partial charge in [0.25, 0.3) is 11.5 Å². The molecule has 3 aromatic rings. The number of halogens is 1. The number of aromatic nitrogens is 2. The number of nitrogens with one attached hydrogen (secondary N) is 1. The maximum Gasteiger partial charge on any atom is 0.279 e. The van der Waals surface area contributed by atoms with Gasteiger partial charge in [-0.05, 0) is 48.0 Å². The van der Waals surface area contributed by atoms with Crippen molar-refractivity contribution in [2.45, 2.75) is 6.54 Å². The van der Waals surface area contributed by atoms with Crippen molar-refractivity contribution in [3.05, 3.63) is 87.2 Å². The Hall–Kier alpha value is -3.38. The van der Waals surface area contributed by atoms with E-state index in [0.717, 1.165) is 11.1 Å². The van der Waals surface area contributed by atoms with Crippen molar-refractivity contribution in [1.82, 2.24) is 15.1 Å². The highest BCUT2D eigenvalue weighted by molar-refractivity contribution is 6.30. The average molecular weight is 410 g/mol. The van der Waals surface area contributed by atoms with Crippen LogP contribution >= 0.6 is 11.6 Å². The molecular formula is C22H20ClN3O3. The Balaban J connectivity index is 1.96. The van der Waals surface area contributed by atoms with Crippen LogP contribution in [-0.2, 0) is 6.54 Å². The minimum absolute atomic E-state index is 0.0354. The van der Waals surface area contributed by atoms with Crippen LogP contribution in [0.4, 0.5) is 0 Å². The Labute approximate surface area is 173 Å². The molecule has 2 aromatic carbocycles. The third kappa shape index (κ3) is 4.92. The molecule has 7 heteroatoms. The molecule has 0 fully saturated rings. The molecule has 0 saturated carbocycles. The van der Waals surface area contributed by atoms with Crippen molar-refractivity contribution < 1.29 is 9.53 Å². The number of carbonyl (C=O) groups is 1. The largest absolute Gasteiger partial charge is 0.497 e. The van der Waals surface area contributed by atoms with Crippen molar-refractivity contribution in [2.24, 2.45) is 0 Å². The van der Waals surface area contributed by atoms with Gasteiger partial charge in [0.15, 0.2) is 0 Å². The second-order valence-corrected chi connectivity index (χ2v) is 6.63. The van der Waals surface area contributed by atoms with Crippen molar-refractivity contribution in [3.8, 4) is 17.0 Å². The number of hydrogen-bond acceptors (Lipinski definition) is 4. The molecule has 0 spiro atoms. The molecule has 0 aliphatic rings. The summed E-state index contributed by atoms with van der Waals surface area (Å²) in [5.74, 6) is 0.252. The molecule has 1 aromatic heterocycles. The van der Waals surface area contributed by atoms with Crippen molar-refractivity contribution >= 4 is 23.6 Å². The molecule has 0 bridgehead atoms. The van der Waals surface area contributed by atoms with Crippen molar-refractivity contribution in [3.63, 3.8) is 0 Å². The molecule has 1 amide bonds. The van der Waals surface area contributed by atoms with Crippen molar-refractivity contribution in [2.75, 3.05) is 14.2 Å². The highest BCUT2D eigenvalue weighted by Gasteiger charge is 2.15. The van der Waals surface area contributed by atoms with E-state index in [9.17, 15) is 9.59 Å². The van der Waals surface area contributed by atoms with Crippen LogP contribution in [0, 0.1) is 0 Å². The molecule has 0 aliphatic heterocycles. The number of ether oxygens (including phenoxy) is 1. The monoisotopic (exact) mass is 409 g/mol. The van der Waals surface area contributed by atoms with Gasteiger partial charge in [0.2, 0.25) is 0 Å². The second kappa shape index (κ2) is 9.21.